The lowest BCUT2D eigenvalue weighted by atomic mass is 10.0. The van der Waals surface area contributed by atoms with Crippen molar-refractivity contribution < 1.29 is 8.42 Å². The molecular weight excluding hydrogens is 312 g/mol. The Hall–Kier alpha value is -0.920. The Morgan fingerprint density at radius 1 is 1.17 bits per heavy atom. The molecule has 0 bridgehead atoms. The molecule has 2 fully saturated rings. The van der Waals surface area contributed by atoms with Crippen LogP contribution in [0.5, 0.6) is 0 Å². The van der Waals surface area contributed by atoms with Crippen molar-refractivity contribution in [1.82, 2.24) is 19.6 Å². The van der Waals surface area contributed by atoms with Crippen LogP contribution in [0.1, 0.15) is 31.7 Å². The Balaban J connectivity index is 1.45. The normalized spacial score (nSPS) is 24.0. The molecule has 23 heavy (non-hydrogen) atoms. The van der Waals surface area contributed by atoms with Crippen molar-refractivity contribution >= 4 is 9.84 Å². The van der Waals surface area contributed by atoms with Gasteiger partial charge in [-0.1, -0.05) is 6.92 Å². The van der Waals surface area contributed by atoms with Crippen LogP contribution in [0.4, 0.5) is 0 Å². The van der Waals surface area contributed by atoms with E-state index in [1.807, 2.05) is 10.9 Å². The Labute approximate surface area is 139 Å². The minimum absolute atomic E-state index is 0.337. The summed E-state index contributed by atoms with van der Waals surface area (Å²) < 4.78 is 25.1. The van der Waals surface area contributed by atoms with E-state index in [-0.39, 0.29) is 0 Å². The quantitative estimate of drug-likeness (QED) is 0.800. The van der Waals surface area contributed by atoms with Crippen molar-refractivity contribution in [3.05, 3.63) is 18.0 Å². The minimum Gasteiger partial charge on any atom is -0.299 e. The number of rotatable bonds is 5. The number of aryl methyl sites for hydroxylation is 1. The van der Waals surface area contributed by atoms with E-state index in [1.54, 1.807) is 0 Å². The highest BCUT2D eigenvalue weighted by atomic mass is 32.2. The highest BCUT2D eigenvalue weighted by Crippen LogP contribution is 2.20. The predicted molar refractivity (Wildman–Crippen MR) is 91.0 cm³/mol. The maximum atomic E-state index is 11.5. The lowest BCUT2D eigenvalue weighted by Crippen LogP contribution is -2.50. The van der Waals surface area contributed by atoms with Crippen molar-refractivity contribution in [2.75, 3.05) is 37.7 Å². The van der Waals surface area contributed by atoms with E-state index in [4.69, 9.17) is 0 Å². The molecule has 2 aliphatic heterocycles. The van der Waals surface area contributed by atoms with Crippen molar-refractivity contribution in [2.24, 2.45) is 0 Å². The van der Waals surface area contributed by atoms with Gasteiger partial charge in [-0.05, 0) is 32.4 Å². The van der Waals surface area contributed by atoms with Gasteiger partial charge in [0.1, 0.15) is 0 Å². The van der Waals surface area contributed by atoms with Crippen molar-refractivity contribution in [3.8, 4) is 0 Å². The smallest absolute Gasteiger partial charge is 0.152 e. The van der Waals surface area contributed by atoms with Crippen LogP contribution in [0.2, 0.25) is 0 Å². The van der Waals surface area contributed by atoms with Crippen LogP contribution in [-0.2, 0) is 22.9 Å². The molecule has 1 aromatic rings. The molecule has 0 aromatic carbocycles. The second-order valence-corrected chi connectivity index (χ2v) is 9.11. The average Bonchev–Trinajstić information content (AvgIpc) is 2.96. The molecule has 0 spiro atoms. The summed E-state index contributed by atoms with van der Waals surface area (Å²) >= 11 is 0. The van der Waals surface area contributed by atoms with Gasteiger partial charge in [0.2, 0.25) is 0 Å². The van der Waals surface area contributed by atoms with Gasteiger partial charge in [-0.25, -0.2) is 8.42 Å². The highest BCUT2D eigenvalue weighted by molar-refractivity contribution is 7.91. The van der Waals surface area contributed by atoms with E-state index in [9.17, 15) is 8.42 Å². The van der Waals surface area contributed by atoms with Gasteiger partial charge in [-0.15, -0.1) is 0 Å². The van der Waals surface area contributed by atoms with Crippen molar-refractivity contribution in [3.63, 3.8) is 0 Å². The first kappa shape index (κ1) is 16.9. The third-order valence-electron chi connectivity index (χ3n) is 5.00. The van der Waals surface area contributed by atoms with Crippen LogP contribution in [0.15, 0.2) is 12.4 Å². The van der Waals surface area contributed by atoms with E-state index in [0.29, 0.717) is 17.5 Å². The number of hydrogen-bond donors (Lipinski definition) is 0. The Bertz CT molecular complexity index is 591. The van der Waals surface area contributed by atoms with Crippen LogP contribution < -0.4 is 0 Å². The molecule has 0 saturated carbocycles. The molecule has 0 radical (unpaired) electrons. The van der Waals surface area contributed by atoms with E-state index in [0.717, 1.165) is 58.5 Å². The summed E-state index contributed by atoms with van der Waals surface area (Å²) in [6, 6.07) is 0.560. The summed E-state index contributed by atoms with van der Waals surface area (Å²) in [6.07, 6.45) is 7.53. The molecule has 0 amide bonds. The molecule has 3 rings (SSSR count). The van der Waals surface area contributed by atoms with Crippen LogP contribution >= 0.6 is 0 Å². The number of sulfone groups is 1. The summed E-state index contributed by atoms with van der Waals surface area (Å²) in [5, 5.41) is 4.40. The third kappa shape index (κ3) is 4.55. The van der Waals surface area contributed by atoms with Crippen LogP contribution in [-0.4, -0.2) is 71.7 Å². The van der Waals surface area contributed by atoms with Crippen molar-refractivity contribution in [1.29, 1.82) is 0 Å². The van der Waals surface area contributed by atoms with Gasteiger partial charge in [-0.3, -0.25) is 14.5 Å². The SMILES string of the molecule is CCCn1cc(CN2CCC(N3CCS(=O)(=O)CC3)CC2)cn1. The second-order valence-electron chi connectivity index (χ2n) is 6.81. The number of nitrogens with zero attached hydrogens (tertiary/aromatic N) is 4. The third-order valence-corrected chi connectivity index (χ3v) is 6.61. The van der Waals surface area contributed by atoms with Gasteiger partial charge < -0.3 is 0 Å². The van der Waals surface area contributed by atoms with Gasteiger partial charge in [0.05, 0.1) is 17.7 Å². The number of piperidine rings is 1. The van der Waals surface area contributed by atoms with Gasteiger partial charge in [0, 0.05) is 44.0 Å². The van der Waals surface area contributed by atoms with Gasteiger partial charge in [-0.2, -0.15) is 5.10 Å². The van der Waals surface area contributed by atoms with E-state index in [2.05, 4.69) is 28.0 Å². The van der Waals surface area contributed by atoms with Gasteiger partial charge in [0.15, 0.2) is 9.84 Å². The number of likely N-dealkylation sites (tertiary alicyclic amines) is 1. The maximum Gasteiger partial charge on any atom is 0.152 e. The molecule has 6 nitrogen and oxygen atoms in total. The molecule has 1 aromatic heterocycles. The summed E-state index contributed by atoms with van der Waals surface area (Å²) in [5.41, 5.74) is 1.29. The number of aromatic nitrogens is 2. The lowest BCUT2D eigenvalue weighted by Gasteiger charge is -2.39. The van der Waals surface area contributed by atoms with Gasteiger partial charge >= 0.3 is 0 Å². The van der Waals surface area contributed by atoms with Crippen LogP contribution in [0.25, 0.3) is 0 Å². The van der Waals surface area contributed by atoms with E-state index >= 15 is 0 Å². The van der Waals surface area contributed by atoms with Crippen LogP contribution in [0, 0.1) is 0 Å². The zero-order valence-electron chi connectivity index (χ0n) is 14.0. The maximum absolute atomic E-state index is 11.5. The highest BCUT2D eigenvalue weighted by Gasteiger charge is 2.29. The molecule has 0 N–H and O–H groups in total. The minimum atomic E-state index is -2.77. The van der Waals surface area contributed by atoms with Crippen molar-refractivity contribution in [2.45, 2.75) is 45.3 Å². The number of hydrogen-bond acceptors (Lipinski definition) is 5. The Morgan fingerprint density at radius 2 is 1.87 bits per heavy atom. The molecular formula is C16H28N4O2S. The first-order valence-corrected chi connectivity index (χ1v) is 10.6. The van der Waals surface area contributed by atoms with E-state index in [1.165, 1.54) is 5.56 Å². The lowest BCUT2D eigenvalue weighted by molar-refractivity contribution is 0.111. The Morgan fingerprint density at radius 3 is 2.52 bits per heavy atom. The molecule has 0 aliphatic carbocycles. The molecule has 2 saturated heterocycles. The zero-order chi connectivity index (χ0) is 16.3. The average molecular weight is 340 g/mol. The largest absolute Gasteiger partial charge is 0.299 e. The van der Waals surface area contributed by atoms with E-state index < -0.39 is 9.84 Å². The molecule has 130 valence electrons. The fourth-order valence-corrected chi connectivity index (χ4v) is 4.86. The molecule has 2 aliphatic rings. The summed E-state index contributed by atoms with van der Waals surface area (Å²) in [7, 11) is -2.77. The Kier molecular flexibility index (Phi) is 5.38. The fraction of sp³-hybridized carbons (Fsp3) is 0.812. The first-order chi connectivity index (χ1) is 11.1. The van der Waals surface area contributed by atoms with Crippen LogP contribution in [0.3, 0.4) is 0 Å². The second kappa shape index (κ2) is 7.32. The molecule has 0 atom stereocenters. The molecule has 7 heteroatoms. The summed E-state index contributed by atoms with van der Waals surface area (Å²) in [5.74, 6) is 0.674. The predicted octanol–water partition coefficient (Wildman–Crippen LogP) is 0.988. The topological polar surface area (TPSA) is 58.4 Å². The summed E-state index contributed by atoms with van der Waals surface area (Å²) in [6.45, 7) is 7.75. The summed E-state index contributed by atoms with van der Waals surface area (Å²) in [4.78, 5) is 4.88. The van der Waals surface area contributed by atoms with Gasteiger partial charge in [0.25, 0.3) is 0 Å². The fourth-order valence-electron chi connectivity index (χ4n) is 3.63. The first-order valence-electron chi connectivity index (χ1n) is 8.74. The molecule has 3 heterocycles. The monoisotopic (exact) mass is 340 g/mol. The standard InChI is InChI=1S/C16H28N4O2S/c1-2-5-20-14-15(12-17-20)13-18-6-3-16(4-7-18)19-8-10-23(21,22)11-9-19/h12,14,16H,2-11,13H2,1H3. The zero-order valence-corrected chi connectivity index (χ0v) is 14.8. The molecule has 0 unspecified atom stereocenters.